The topological polar surface area (TPSA) is 79.2 Å². The number of aromatic nitrogens is 4. The first-order chi connectivity index (χ1) is 14.1. The number of imidazole rings is 1. The zero-order chi connectivity index (χ0) is 20.0. The van der Waals surface area contributed by atoms with Crippen molar-refractivity contribution >= 4 is 36.7 Å². The van der Waals surface area contributed by atoms with E-state index in [1.54, 1.807) is 0 Å². The Hall–Kier alpha value is -1.90. The molecule has 1 N–H and O–H groups in total. The standard InChI is InChI=1S/C21H29N7O.2ClH/c1-26(2)20-23-12-15-4-7-21(18(15)25-20)6-3-10-28(14-21)19(29)16-13-27-11-9-22-8-5-17(27)24-16;;/h12-13,22H,3-11,14H2,1-2H3;2*1H. The molecule has 0 bridgehead atoms. The maximum Gasteiger partial charge on any atom is 0.274 e. The third-order valence-electron chi connectivity index (χ3n) is 6.62. The van der Waals surface area contributed by atoms with Gasteiger partial charge in [0.15, 0.2) is 0 Å². The van der Waals surface area contributed by atoms with Crippen molar-refractivity contribution in [1.82, 2.24) is 29.7 Å². The van der Waals surface area contributed by atoms with Gasteiger partial charge >= 0.3 is 0 Å². The molecular weight excluding hydrogens is 437 g/mol. The quantitative estimate of drug-likeness (QED) is 0.725. The van der Waals surface area contributed by atoms with Gasteiger partial charge in [0.2, 0.25) is 5.95 Å². The highest BCUT2D eigenvalue weighted by atomic mass is 35.5. The first kappa shape index (κ1) is 23.8. The number of halogens is 2. The molecular formula is C21H31Cl2N7O. The summed E-state index contributed by atoms with van der Waals surface area (Å²) >= 11 is 0. The van der Waals surface area contributed by atoms with Gasteiger partial charge in [-0.25, -0.2) is 15.0 Å². The lowest BCUT2D eigenvalue weighted by molar-refractivity contribution is 0.0628. The Balaban J connectivity index is 0.00000136. The lowest BCUT2D eigenvalue weighted by Gasteiger charge is -2.40. The molecule has 1 atom stereocenters. The van der Waals surface area contributed by atoms with E-state index in [0.29, 0.717) is 5.69 Å². The zero-order valence-electron chi connectivity index (χ0n) is 18.1. The first-order valence-corrected chi connectivity index (χ1v) is 10.7. The highest BCUT2D eigenvalue weighted by Crippen LogP contribution is 2.44. The van der Waals surface area contributed by atoms with Gasteiger partial charge in [-0.15, -0.1) is 24.8 Å². The minimum atomic E-state index is -0.0440. The van der Waals surface area contributed by atoms with E-state index in [-0.39, 0.29) is 36.1 Å². The summed E-state index contributed by atoms with van der Waals surface area (Å²) in [7, 11) is 3.94. The van der Waals surface area contributed by atoms with Crippen LogP contribution in [0, 0.1) is 0 Å². The summed E-state index contributed by atoms with van der Waals surface area (Å²) in [5, 5.41) is 3.38. The third kappa shape index (κ3) is 4.25. The molecule has 31 heavy (non-hydrogen) atoms. The monoisotopic (exact) mass is 467 g/mol. The van der Waals surface area contributed by atoms with E-state index in [1.165, 1.54) is 5.56 Å². The fourth-order valence-corrected chi connectivity index (χ4v) is 5.09. The van der Waals surface area contributed by atoms with E-state index in [4.69, 9.17) is 4.98 Å². The summed E-state index contributed by atoms with van der Waals surface area (Å²) in [6, 6.07) is 0. The van der Waals surface area contributed by atoms with Crippen LogP contribution < -0.4 is 10.2 Å². The van der Waals surface area contributed by atoms with Gasteiger partial charge in [-0.05, 0) is 31.2 Å². The molecule has 2 aromatic heterocycles. The number of carbonyl (C=O) groups excluding carboxylic acids is 1. The summed E-state index contributed by atoms with van der Waals surface area (Å²) in [5.41, 5.74) is 2.94. The van der Waals surface area contributed by atoms with Crippen molar-refractivity contribution in [3.8, 4) is 0 Å². The summed E-state index contributed by atoms with van der Waals surface area (Å²) in [5.74, 6) is 1.83. The second kappa shape index (κ2) is 9.30. The van der Waals surface area contributed by atoms with Crippen molar-refractivity contribution in [2.45, 2.75) is 44.1 Å². The summed E-state index contributed by atoms with van der Waals surface area (Å²) in [6.45, 7) is 4.24. The molecule has 0 aromatic carbocycles. The Labute approximate surface area is 195 Å². The number of hydrogen-bond donors (Lipinski definition) is 1. The Morgan fingerprint density at radius 1 is 1.13 bits per heavy atom. The average molecular weight is 468 g/mol. The minimum Gasteiger partial charge on any atom is -0.347 e. The van der Waals surface area contributed by atoms with Gasteiger partial charge < -0.3 is 19.7 Å². The SMILES string of the molecule is CN(C)c1ncc2c(n1)C1(CCCN(C(=O)c3cn4c(n3)CCNCC4)C1)CC2.Cl.Cl. The van der Waals surface area contributed by atoms with Gasteiger partial charge in [-0.2, -0.15) is 0 Å². The fraction of sp³-hybridized carbons (Fsp3) is 0.619. The van der Waals surface area contributed by atoms with Gasteiger partial charge in [-0.1, -0.05) is 0 Å². The fourth-order valence-electron chi connectivity index (χ4n) is 5.09. The summed E-state index contributed by atoms with van der Waals surface area (Å²) in [4.78, 5) is 31.4. The normalized spacial score (nSPS) is 22.1. The summed E-state index contributed by atoms with van der Waals surface area (Å²) < 4.78 is 2.13. The van der Waals surface area contributed by atoms with Crippen molar-refractivity contribution in [1.29, 1.82) is 0 Å². The second-order valence-electron chi connectivity index (χ2n) is 8.78. The van der Waals surface area contributed by atoms with E-state index in [1.807, 2.05) is 36.3 Å². The highest BCUT2D eigenvalue weighted by Gasteiger charge is 2.45. The molecule has 0 saturated carbocycles. The number of likely N-dealkylation sites (tertiary alicyclic amines) is 1. The van der Waals surface area contributed by atoms with Crippen molar-refractivity contribution in [2.75, 3.05) is 45.2 Å². The van der Waals surface area contributed by atoms with Gasteiger partial charge in [0.25, 0.3) is 5.91 Å². The second-order valence-corrected chi connectivity index (χ2v) is 8.78. The molecule has 1 spiro atoms. The van der Waals surface area contributed by atoms with Crippen molar-refractivity contribution < 1.29 is 4.79 Å². The molecule has 1 amide bonds. The van der Waals surface area contributed by atoms with E-state index in [2.05, 4.69) is 19.9 Å². The van der Waals surface area contributed by atoms with Crippen LogP contribution in [0.15, 0.2) is 12.4 Å². The van der Waals surface area contributed by atoms with Crippen LogP contribution >= 0.6 is 24.8 Å². The molecule has 0 radical (unpaired) electrons. The van der Waals surface area contributed by atoms with Crippen LogP contribution in [0.1, 0.15) is 46.8 Å². The number of carbonyl (C=O) groups is 1. The zero-order valence-corrected chi connectivity index (χ0v) is 19.8. The predicted octanol–water partition coefficient (Wildman–Crippen LogP) is 1.85. The van der Waals surface area contributed by atoms with Gasteiger partial charge in [-0.3, -0.25) is 4.79 Å². The predicted molar refractivity (Wildman–Crippen MR) is 125 cm³/mol. The molecule has 1 aliphatic carbocycles. The molecule has 3 aliphatic rings. The number of hydrogen-bond acceptors (Lipinski definition) is 6. The van der Waals surface area contributed by atoms with E-state index in [0.717, 1.165) is 82.3 Å². The van der Waals surface area contributed by atoms with E-state index in [9.17, 15) is 4.79 Å². The van der Waals surface area contributed by atoms with Crippen LogP contribution in [0.25, 0.3) is 0 Å². The molecule has 8 nitrogen and oxygen atoms in total. The maximum absolute atomic E-state index is 13.3. The minimum absolute atomic E-state index is 0. The van der Waals surface area contributed by atoms with E-state index >= 15 is 0 Å². The summed E-state index contributed by atoms with van der Waals surface area (Å²) in [6.07, 6.45) is 8.92. The van der Waals surface area contributed by atoms with E-state index < -0.39 is 0 Å². The number of nitrogens with zero attached hydrogens (tertiary/aromatic N) is 6. The number of piperidine rings is 1. The van der Waals surface area contributed by atoms with Crippen LogP contribution in [-0.2, 0) is 24.8 Å². The average Bonchev–Trinajstić information content (AvgIpc) is 3.21. The Morgan fingerprint density at radius 2 is 1.97 bits per heavy atom. The number of fused-ring (bicyclic) bond motifs is 3. The third-order valence-corrected chi connectivity index (χ3v) is 6.62. The van der Waals surface area contributed by atoms with Crippen LogP contribution in [0.3, 0.4) is 0 Å². The maximum atomic E-state index is 13.3. The number of rotatable bonds is 2. The lowest BCUT2D eigenvalue weighted by Crippen LogP contribution is -2.48. The van der Waals surface area contributed by atoms with Crippen LogP contribution in [0.2, 0.25) is 0 Å². The smallest absolute Gasteiger partial charge is 0.274 e. The van der Waals surface area contributed by atoms with Crippen molar-refractivity contribution in [3.63, 3.8) is 0 Å². The largest absolute Gasteiger partial charge is 0.347 e. The number of nitrogens with one attached hydrogen (secondary N) is 1. The number of anilines is 1. The molecule has 1 saturated heterocycles. The Morgan fingerprint density at radius 3 is 2.77 bits per heavy atom. The van der Waals surface area contributed by atoms with Gasteiger partial charge in [0.1, 0.15) is 11.5 Å². The Bertz CT molecular complexity index is 920. The lowest BCUT2D eigenvalue weighted by atomic mass is 9.77. The first-order valence-electron chi connectivity index (χ1n) is 10.7. The van der Waals surface area contributed by atoms with Crippen molar-refractivity contribution in [2.24, 2.45) is 0 Å². The molecule has 2 aliphatic heterocycles. The van der Waals surface area contributed by atoms with Crippen LogP contribution in [-0.4, -0.2) is 70.6 Å². The molecule has 1 fully saturated rings. The molecule has 170 valence electrons. The molecule has 2 aromatic rings. The highest BCUT2D eigenvalue weighted by molar-refractivity contribution is 5.92. The van der Waals surface area contributed by atoms with Crippen LogP contribution in [0.4, 0.5) is 5.95 Å². The van der Waals surface area contributed by atoms with Gasteiger partial charge in [0, 0.05) is 71.0 Å². The number of amides is 1. The van der Waals surface area contributed by atoms with Gasteiger partial charge in [0.05, 0.1) is 5.69 Å². The molecule has 1 unspecified atom stereocenters. The molecule has 10 heteroatoms. The molecule has 4 heterocycles. The Kier molecular flexibility index (Phi) is 7.13. The van der Waals surface area contributed by atoms with Crippen LogP contribution in [0.5, 0.6) is 0 Å². The van der Waals surface area contributed by atoms with Crippen molar-refractivity contribution in [3.05, 3.63) is 35.2 Å². The number of aryl methyl sites for hydroxylation is 1. The molecule has 5 rings (SSSR count).